The van der Waals surface area contributed by atoms with Gasteiger partial charge in [0, 0.05) is 22.0 Å². The van der Waals surface area contributed by atoms with E-state index in [-0.39, 0.29) is 16.2 Å². The number of rotatable bonds is 16. The SMILES string of the molecule is CCCCCCc1ccc2c(c1)-c1cc(CCCCCC)ccc1C21c2ccccc2-c2c(-c3cccc4c3-c3ccccc3C43c4ccccc4-c4ccccc43)cccc21.c1ccc(-c2cc(-c3ccccc3)cc(-c3cccc4c3-c3ccccc3C43c4ccccc4-c4ccccc43)c2)cc1.c1ccc(-n2c3ccccc3c3cccc(-c4ccc5c(c4)-c4ccccc4C54c5ccccc5-c5ccccc54)c32)cc1. The molecule has 1 heterocycles. The molecule has 0 amide bonds. The quantitative estimate of drug-likeness (QED) is 0.0850. The number of unbranched alkanes of at least 4 members (excludes halogenated alkanes) is 6. The minimum atomic E-state index is -0.394. The fraction of sp³-hybridized carbons (Fsp3) is 0.108. The van der Waals surface area contributed by atoms with Gasteiger partial charge in [-0.3, -0.25) is 0 Å². The number of hydrogen-bond acceptors (Lipinski definition) is 0. The van der Waals surface area contributed by atoms with Crippen LogP contribution in [0.4, 0.5) is 0 Å². The van der Waals surface area contributed by atoms with Crippen LogP contribution in [-0.4, -0.2) is 4.57 Å². The van der Waals surface area contributed by atoms with Crippen molar-refractivity contribution in [2.45, 2.75) is 99.7 Å². The summed E-state index contributed by atoms with van der Waals surface area (Å²) in [6, 6.07) is 190. The van der Waals surface area contributed by atoms with Crippen molar-refractivity contribution in [1.29, 1.82) is 0 Å². The van der Waals surface area contributed by atoms with Crippen molar-refractivity contribution in [2.24, 2.45) is 0 Å². The Bertz CT molecular complexity index is 9120. The van der Waals surface area contributed by atoms with E-state index < -0.39 is 5.41 Å². The zero-order chi connectivity index (χ0) is 98.6. The Hall–Kier alpha value is -17.4. The van der Waals surface area contributed by atoms with E-state index in [9.17, 15) is 0 Å². The molecule has 1 aromatic heterocycles. The lowest BCUT2D eigenvalue weighted by atomic mass is 9.70. The van der Waals surface area contributed by atoms with Gasteiger partial charge in [0.1, 0.15) is 0 Å². The van der Waals surface area contributed by atoms with Crippen molar-refractivity contribution in [3.05, 3.63) is 604 Å². The van der Waals surface area contributed by atoms with Gasteiger partial charge in [-0.05, 0) is 307 Å². The molecule has 0 saturated carbocycles. The maximum atomic E-state index is 2.58. The Labute approximate surface area is 873 Å². The van der Waals surface area contributed by atoms with Gasteiger partial charge in [-0.2, -0.15) is 0 Å². The number of benzene rings is 22. The largest absolute Gasteiger partial charge is 0.309 e. The van der Waals surface area contributed by atoms with Crippen molar-refractivity contribution in [2.75, 3.05) is 0 Å². The molecule has 0 saturated heterocycles. The van der Waals surface area contributed by atoms with Gasteiger partial charge in [0.15, 0.2) is 0 Å². The van der Waals surface area contributed by atoms with Gasteiger partial charge in [-0.1, -0.05) is 513 Å². The van der Waals surface area contributed by atoms with Crippen LogP contribution in [0, 0.1) is 0 Å². The Balaban J connectivity index is 0.000000108. The molecule has 149 heavy (non-hydrogen) atoms. The van der Waals surface area contributed by atoms with E-state index in [1.165, 1.54) is 324 Å². The first-order chi connectivity index (χ1) is 73.9. The highest BCUT2D eigenvalue weighted by molar-refractivity contribution is 6.15. The minimum Gasteiger partial charge on any atom is -0.309 e. The monoisotopic (exact) mass is 1900 g/mol. The zero-order valence-corrected chi connectivity index (χ0v) is 83.9. The van der Waals surface area contributed by atoms with Crippen LogP contribution in [0.15, 0.2) is 504 Å². The molecular formula is C148H109N. The molecular weight excluding hydrogens is 1790 g/mol. The minimum absolute atomic E-state index is 0.317. The van der Waals surface area contributed by atoms with Crippen LogP contribution in [0.1, 0.15) is 165 Å². The molecule has 23 aromatic rings. The Morgan fingerprint density at radius 3 is 0.839 bits per heavy atom. The number of para-hydroxylation sites is 3. The maximum Gasteiger partial charge on any atom is 0.0725 e. The fourth-order valence-electron chi connectivity index (χ4n) is 28.9. The van der Waals surface area contributed by atoms with Crippen molar-refractivity contribution in [1.82, 2.24) is 4.57 Å². The first-order valence-electron chi connectivity index (χ1n) is 54.0. The second-order valence-corrected chi connectivity index (χ2v) is 42.2. The van der Waals surface area contributed by atoms with Gasteiger partial charge < -0.3 is 4.57 Å². The molecule has 8 aliphatic rings. The summed E-state index contributed by atoms with van der Waals surface area (Å²) in [5.41, 5.74) is 61.7. The van der Waals surface area contributed by atoms with Crippen LogP contribution in [0.3, 0.4) is 0 Å². The molecule has 706 valence electrons. The summed E-state index contributed by atoms with van der Waals surface area (Å²) in [4.78, 5) is 0. The molecule has 0 unspecified atom stereocenters. The normalized spacial score (nSPS) is 13.9. The van der Waals surface area contributed by atoms with Crippen molar-refractivity contribution in [3.8, 4) is 150 Å². The average Bonchev–Trinajstić information content (AvgIpc) is 1.51. The van der Waals surface area contributed by atoms with E-state index in [0.29, 0.717) is 0 Å². The zero-order valence-electron chi connectivity index (χ0n) is 83.9. The number of aromatic nitrogens is 1. The molecule has 4 spiro atoms. The van der Waals surface area contributed by atoms with Crippen molar-refractivity contribution in [3.63, 3.8) is 0 Å². The maximum absolute atomic E-state index is 2.58. The number of nitrogens with zero attached hydrogens (tertiary/aromatic N) is 1. The second-order valence-electron chi connectivity index (χ2n) is 42.2. The highest BCUT2D eigenvalue weighted by atomic mass is 15.0. The number of aryl methyl sites for hydroxylation is 2. The third-order valence-electron chi connectivity index (χ3n) is 34.8. The lowest BCUT2D eigenvalue weighted by Gasteiger charge is -2.31. The molecule has 0 atom stereocenters. The summed E-state index contributed by atoms with van der Waals surface area (Å²) in [5.74, 6) is 0. The van der Waals surface area contributed by atoms with Gasteiger partial charge in [0.25, 0.3) is 0 Å². The van der Waals surface area contributed by atoms with Gasteiger partial charge in [0.2, 0.25) is 0 Å². The lowest BCUT2D eigenvalue weighted by molar-refractivity contribution is 0.666. The summed E-state index contributed by atoms with van der Waals surface area (Å²) in [7, 11) is 0. The molecule has 22 aromatic carbocycles. The summed E-state index contributed by atoms with van der Waals surface area (Å²) in [6.45, 7) is 4.62. The van der Waals surface area contributed by atoms with E-state index in [0.717, 1.165) is 12.8 Å². The summed E-state index contributed by atoms with van der Waals surface area (Å²) in [6.07, 6.45) is 12.5. The first-order valence-corrected chi connectivity index (χ1v) is 54.0. The van der Waals surface area contributed by atoms with Gasteiger partial charge >= 0.3 is 0 Å². The molecule has 0 radical (unpaired) electrons. The van der Waals surface area contributed by atoms with Crippen LogP contribution >= 0.6 is 0 Å². The van der Waals surface area contributed by atoms with E-state index in [2.05, 4.69) is 522 Å². The van der Waals surface area contributed by atoms with Crippen molar-refractivity contribution < 1.29 is 0 Å². The molecule has 0 bridgehead atoms. The average molecular weight is 1900 g/mol. The summed E-state index contributed by atoms with van der Waals surface area (Å²) in [5, 5.41) is 2.55. The molecule has 0 fully saturated rings. The standard InChI is InChI=1S/C62H54.C43H27N.C43H28/c1-3-5-7-9-21-41-35-37-55-49(39-41)50-40-42(22-10-8-6-4-2)36-38-56(50)62(55)54-32-18-14-26-48(54)60-46(28-20-34-58(60)62)45-27-19-33-57-59(45)47-25-13-17-31-53(47)61(57)51-29-15-11-23-43(51)44-24-12-16-30-52(44)61;1-2-13-29(14-3-1)44-41-24-11-7-18-34(41)35-20-12-19-30(42(35)44)28-25-26-40-36(27-28)33-17-6-10-23-39(33)43(40)37-21-8-4-15-31(37)32-16-5-9-22-38(32)43;1-3-14-29(15-4-1)31-26-32(30-16-5-2-6-17-30)28-33(27-31)34-21-13-25-41-42(34)37-20-9-12-24-40(37)43(41)38-22-10-7-18-35(38)36-19-8-11-23-39(36)43/h11-20,23-40H,3-10,21-22H2,1-2H3;1-27H;1-28H. The van der Waals surface area contributed by atoms with Gasteiger partial charge in [-0.15, -0.1) is 0 Å². The van der Waals surface area contributed by atoms with Crippen molar-refractivity contribution >= 4 is 21.8 Å². The molecule has 1 heteroatoms. The predicted molar refractivity (Wildman–Crippen MR) is 622 cm³/mol. The fourth-order valence-corrected chi connectivity index (χ4v) is 28.9. The van der Waals surface area contributed by atoms with Crippen LogP contribution in [-0.2, 0) is 34.5 Å². The molecule has 31 rings (SSSR count). The van der Waals surface area contributed by atoms with E-state index in [4.69, 9.17) is 0 Å². The third-order valence-corrected chi connectivity index (χ3v) is 34.8. The summed E-state index contributed by atoms with van der Waals surface area (Å²) < 4.78 is 2.44. The summed E-state index contributed by atoms with van der Waals surface area (Å²) >= 11 is 0. The molecule has 0 aliphatic heterocycles. The van der Waals surface area contributed by atoms with E-state index in [1.807, 2.05) is 0 Å². The second kappa shape index (κ2) is 35.2. The topological polar surface area (TPSA) is 4.93 Å². The highest BCUT2D eigenvalue weighted by Crippen LogP contribution is 2.71. The Morgan fingerprint density at radius 2 is 0.436 bits per heavy atom. The smallest absolute Gasteiger partial charge is 0.0725 e. The van der Waals surface area contributed by atoms with Crippen LogP contribution in [0.5, 0.6) is 0 Å². The van der Waals surface area contributed by atoms with Crippen LogP contribution < -0.4 is 0 Å². The number of fused-ring (bicyclic) bond motifs is 43. The predicted octanol–water partition coefficient (Wildman–Crippen LogP) is 38.1. The molecule has 8 aliphatic carbocycles. The third kappa shape index (κ3) is 12.8. The lowest BCUT2D eigenvalue weighted by Crippen LogP contribution is -2.26. The van der Waals surface area contributed by atoms with Gasteiger partial charge in [0.05, 0.1) is 32.7 Å². The Kier molecular flexibility index (Phi) is 20.8. The van der Waals surface area contributed by atoms with Gasteiger partial charge in [-0.25, -0.2) is 0 Å². The molecule has 1 nitrogen and oxygen atoms in total. The highest BCUT2D eigenvalue weighted by Gasteiger charge is 2.58. The Morgan fingerprint density at radius 1 is 0.161 bits per heavy atom. The van der Waals surface area contributed by atoms with Crippen LogP contribution in [0.25, 0.3) is 172 Å². The van der Waals surface area contributed by atoms with Crippen LogP contribution in [0.2, 0.25) is 0 Å². The van der Waals surface area contributed by atoms with E-state index in [1.54, 1.807) is 0 Å². The first kappa shape index (κ1) is 88.2. The number of hydrogen-bond donors (Lipinski definition) is 0. The van der Waals surface area contributed by atoms with E-state index >= 15 is 0 Å². The molecule has 0 N–H and O–H groups in total.